The summed E-state index contributed by atoms with van der Waals surface area (Å²) >= 11 is 0. The third-order valence-electron chi connectivity index (χ3n) is 4.17. The maximum Gasteiger partial charge on any atom is 0.490 e. The van der Waals surface area contributed by atoms with Crippen molar-refractivity contribution >= 4 is 22.7 Å². The fraction of sp³-hybridized carbons (Fsp3) is 0.105. The van der Waals surface area contributed by atoms with Crippen LogP contribution in [0.3, 0.4) is 0 Å². The van der Waals surface area contributed by atoms with Crippen molar-refractivity contribution in [2.45, 2.75) is 12.7 Å². The molecule has 160 valence electrons. The van der Waals surface area contributed by atoms with Crippen LogP contribution >= 0.6 is 0 Å². The molecule has 0 radical (unpaired) electrons. The first-order chi connectivity index (χ1) is 14.7. The van der Waals surface area contributed by atoms with Crippen LogP contribution in [0.1, 0.15) is 5.56 Å². The van der Waals surface area contributed by atoms with Crippen LogP contribution in [0.4, 0.5) is 18.9 Å². The molecule has 0 amide bonds. The van der Waals surface area contributed by atoms with Gasteiger partial charge < -0.3 is 10.1 Å². The number of hydrogen-bond donors (Lipinski definition) is 2. The van der Waals surface area contributed by atoms with E-state index in [4.69, 9.17) is 9.90 Å². The fourth-order valence-electron chi connectivity index (χ4n) is 2.80. The predicted octanol–water partition coefficient (Wildman–Crippen LogP) is 4.02. The van der Waals surface area contributed by atoms with Gasteiger partial charge in [0, 0.05) is 35.6 Å². The number of carbonyl (C=O) groups is 1. The number of nitrogens with zero attached hydrogens (tertiary/aromatic N) is 4. The Bertz CT molecular complexity index is 1230. The van der Waals surface area contributed by atoms with Gasteiger partial charge in [0.1, 0.15) is 5.65 Å². The van der Waals surface area contributed by atoms with Gasteiger partial charge in [-0.05, 0) is 17.7 Å². The number of hydrogen-bond acceptors (Lipinski definition) is 5. The largest absolute Gasteiger partial charge is 0.490 e. The summed E-state index contributed by atoms with van der Waals surface area (Å²) in [4.78, 5) is 27.0. The Morgan fingerprint density at radius 2 is 1.94 bits per heavy atom. The number of carboxylic acid groups (broad SMARTS) is 1. The molecule has 0 saturated heterocycles. The Kier molecular flexibility index (Phi) is 6.00. The number of fused-ring (bicyclic) bond motifs is 1. The summed E-state index contributed by atoms with van der Waals surface area (Å²) in [6.45, 7) is 0.346. The summed E-state index contributed by atoms with van der Waals surface area (Å²) in [5.41, 5.74) is 3.51. The van der Waals surface area contributed by atoms with E-state index in [2.05, 4.69) is 15.1 Å². The molecule has 31 heavy (non-hydrogen) atoms. The van der Waals surface area contributed by atoms with E-state index in [1.165, 1.54) is 6.07 Å². The van der Waals surface area contributed by atoms with E-state index in [0.29, 0.717) is 12.1 Å². The minimum absolute atomic E-state index is 0.103. The van der Waals surface area contributed by atoms with Crippen LogP contribution in [0.2, 0.25) is 0 Å². The number of rotatable bonds is 4. The predicted molar refractivity (Wildman–Crippen MR) is 103 cm³/mol. The summed E-state index contributed by atoms with van der Waals surface area (Å²) < 4.78 is 33.4. The van der Waals surface area contributed by atoms with Gasteiger partial charge in [-0.1, -0.05) is 18.2 Å². The van der Waals surface area contributed by atoms with Crippen LogP contribution in [0.25, 0.3) is 22.2 Å². The van der Waals surface area contributed by atoms with Gasteiger partial charge in [0.25, 0.3) is 5.69 Å². The highest BCUT2D eigenvalue weighted by atomic mass is 19.4. The molecular weight excluding hydrogens is 419 g/mol. The summed E-state index contributed by atoms with van der Waals surface area (Å²) in [6.07, 6.45) is 2.15. The number of aromatic nitrogens is 4. The number of aliphatic carboxylic acids is 1. The molecule has 4 aromatic rings. The maximum absolute atomic E-state index is 11.1. The van der Waals surface area contributed by atoms with Crippen LogP contribution < -0.4 is 0 Å². The number of carboxylic acids is 1. The molecule has 0 aliphatic heterocycles. The number of nitro groups is 1. The van der Waals surface area contributed by atoms with Crippen LogP contribution in [0.15, 0.2) is 61.2 Å². The lowest BCUT2D eigenvalue weighted by molar-refractivity contribution is -0.385. The van der Waals surface area contributed by atoms with E-state index < -0.39 is 12.1 Å². The van der Waals surface area contributed by atoms with Crippen molar-refractivity contribution in [3.8, 4) is 11.1 Å². The zero-order valence-electron chi connectivity index (χ0n) is 15.6. The van der Waals surface area contributed by atoms with Gasteiger partial charge in [-0.3, -0.25) is 14.8 Å². The number of nitro benzene ring substituents is 1. The highest BCUT2D eigenvalue weighted by Crippen LogP contribution is 2.27. The first-order valence-corrected chi connectivity index (χ1v) is 8.64. The second kappa shape index (κ2) is 8.65. The molecule has 0 aliphatic rings. The van der Waals surface area contributed by atoms with Crippen LogP contribution in [0.5, 0.6) is 0 Å². The molecule has 0 fully saturated rings. The molecule has 0 saturated carbocycles. The summed E-state index contributed by atoms with van der Waals surface area (Å²) in [6, 6.07) is 10.6. The number of para-hydroxylation sites is 1. The topological polar surface area (TPSA) is 127 Å². The summed E-state index contributed by atoms with van der Waals surface area (Å²) in [7, 11) is 0. The molecule has 0 unspecified atom stereocenters. The van der Waals surface area contributed by atoms with Crippen LogP contribution in [-0.2, 0) is 11.3 Å². The molecule has 12 heteroatoms. The Labute approximate surface area is 171 Å². The molecule has 0 aliphatic carbocycles. The fourth-order valence-corrected chi connectivity index (χ4v) is 2.80. The standard InChI is InChI=1S/C17H13N5O2.C2HF3O2/c23-22(24)16-4-2-1-3-12(16)10-21-11-13(9-20-21)14-5-7-18-17-15(14)6-8-19-17;3-2(4,5)1(6)7/h1-9,11H,10H2,(H,18,19);(H,6,7). The lowest BCUT2D eigenvalue weighted by Crippen LogP contribution is -2.21. The number of alkyl halides is 3. The first kappa shape index (κ1) is 21.5. The van der Waals surface area contributed by atoms with Crippen LogP contribution in [-0.4, -0.2) is 41.9 Å². The van der Waals surface area contributed by atoms with Gasteiger partial charge in [-0.15, -0.1) is 0 Å². The van der Waals surface area contributed by atoms with Gasteiger partial charge in [0.15, 0.2) is 0 Å². The SMILES string of the molecule is O=C(O)C(F)(F)F.O=[N+]([O-])c1ccccc1Cn1cc(-c2ccnc3[nH]ccc23)cn1. The average Bonchev–Trinajstić information content (AvgIpc) is 3.37. The number of nitrogens with one attached hydrogen (secondary N) is 1. The molecule has 3 aromatic heterocycles. The van der Waals surface area contributed by atoms with Gasteiger partial charge in [0.05, 0.1) is 23.2 Å². The van der Waals surface area contributed by atoms with Crippen molar-refractivity contribution in [3.05, 3.63) is 76.9 Å². The molecule has 0 atom stereocenters. The molecule has 0 spiro atoms. The first-order valence-electron chi connectivity index (χ1n) is 8.64. The van der Waals surface area contributed by atoms with E-state index in [9.17, 15) is 23.3 Å². The number of benzene rings is 1. The zero-order valence-corrected chi connectivity index (χ0v) is 15.6. The minimum atomic E-state index is -5.08. The van der Waals surface area contributed by atoms with Gasteiger partial charge in [-0.25, -0.2) is 9.78 Å². The van der Waals surface area contributed by atoms with Crippen molar-refractivity contribution in [1.82, 2.24) is 19.7 Å². The average molecular weight is 433 g/mol. The lowest BCUT2D eigenvalue weighted by atomic mass is 10.1. The smallest absolute Gasteiger partial charge is 0.475 e. The zero-order chi connectivity index (χ0) is 22.6. The van der Waals surface area contributed by atoms with Crippen molar-refractivity contribution in [1.29, 1.82) is 0 Å². The molecule has 4 rings (SSSR count). The number of pyridine rings is 1. The number of halogens is 3. The Morgan fingerprint density at radius 1 is 1.23 bits per heavy atom. The number of H-pyrrole nitrogens is 1. The van der Waals surface area contributed by atoms with Crippen molar-refractivity contribution in [3.63, 3.8) is 0 Å². The molecule has 9 nitrogen and oxygen atoms in total. The van der Waals surface area contributed by atoms with E-state index in [1.807, 2.05) is 24.5 Å². The molecule has 2 N–H and O–H groups in total. The third kappa shape index (κ3) is 5.04. The quantitative estimate of drug-likeness (QED) is 0.370. The Morgan fingerprint density at radius 3 is 2.61 bits per heavy atom. The van der Waals surface area contributed by atoms with E-state index >= 15 is 0 Å². The van der Waals surface area contributed by atoms with Gasteiger partial charge in [0.2, 0.25) is 0 Å². The molecule has 0 bridgehead atoms. The monoisotopic (exact) mass is 433 g/mol. The normalized spacial score (nSPS) is 11.1. The second-order valence-electron chi connectivity index (χ2n) is 6.21. The molecule has 3 heterocycles. The van der Waals surface area contributed by atoms with Crippen molar-refractivity contribution in [2.24, 2.45) is 0 Å². The Balaban J connectivity index is 0.000000339. The number of aromatic amines is 1. The maximum atomic E-state index is 11.1. The van der Waals surface area contributed by atoms with Crippen molar-refractivity contribution in [2.75, 3.05) is 0 Å². The highest BCUT2D eigenvalue weighted by molar-refractivity contribution is 5.92. The van der Waals surface area contributed by atoms with Crippen molar-refractivity contribution < 1.29 is 28.0 Å². The second-order valence-corrected chi connectivity index (χ2v) is 6.21. The lowest BCUT2D eigenvalue weighted by Gasteiger charge is -2.03. The summed E-state index contributed by atoms with van der Waals surface area (Å²) in [5, 5.41) is 23.6. The highest BCUT2D eigenvalue weighted by Gasteiger charge is 2.38. The van der Waals surface area contributed by atoms with Gasteiger partial charge in [-0.2, -0.15) is 18.3 Å². The minimum Gasteiger partial charge on any atom is -0.475 e. The van der Waals surface area contributed by atoms with E-state index in [-0.39, 0.29) is 10.6 Å². The van der Waals surface area contributed by atoms with E-state index in [1.54, 1.807) is 35.3 Å². The van der Waals surface area contributed by atoms with Gasteiger partial charge >= 0.3 is 12.1 Å². The van der Waals surface area contributed by atoms with E-state index in [0.717, 1.165) is 22.2 Å². The third-order valence-corrected chi connectivity index (χ3v) is 4.17. The Hall–Kier alpha value is -4.22. The summed E-state index contributed by atoms with van der Waals surface area (Å²) in [5.74, 6) is -2.76. The molecule has 1 aromatic carbocycles. The molecular formula is C19H14F3N5O4. The van der Waals surface area contributed by atoms with Crippen LogP contribution in [0, 0.1) is 10.1 Å².